The van der Waals surface area contributed by atoms with E-state index in [-0.39, 0.29) is 11.4 Å². The van der Waals surface area contributed by atoms with E-state index in [0.717, 1.165) is 12.8 Å². The average Bonchev–Trinajstić information content (AvgIpc) is 2.43. The number of aromatic nitrogens is 2. The molecule has 1 aromatic rings. The second kappa shape index (κ2) is 5.64. The van der Waals surface area contributed by atoms with Crippen LogP contribution in [0.15, 0.2) is 17.2 Å². The van der Waals surface area contributed by atoms with Crippen LogP contribution in [0, 0.1) is 5.92 Å². The fourth-order valence-electron chi connectivity index (χ4n) is 2.66. The lowest BCUT2D eigenvalue weighted by Crippen LogP contribution is -2.50. The molecule has 6 heteroatoms. The molecular formula is C14H21N3O3. The van der Waals surface area contributed by atoms with Gasteiger partial charge in [-0.3, -0.25) is 4.79 Å². The van der Waals surface area contributed by atoms with Crippen molar-refractivity contribution in [2.45, 2.75) is 51.6 Å². The van der Waals surface area contributed by atoms with E-state index in [1.165, 1.54) is 10.8 Å². The number of nitrogens with zero attached hydrogens (tertiary/aromatic N) is 2. The normalized spacial score (nSPS) is 26.2. The summed E-state index contributed by atoms with van der Waals surface area (Å²) in [5, 5.41) is 12.5. The number of anilines is 1. The van der Waals surface area contributed by atoms with Crippen molar-refractivity contribution >= 4 is 11.8 Å². The molecule has 1 aliphatic rings. The van der Waals surface area contributed by atoms with Gasteiger partial charge in [0.05, 0.1) is 0 Å². The number of aryl methyl sites for hydroxylation is 1. The predicted molar refractivity (Wildman–Crippen MR) is 75.8 cm³/mol. The smallest absolute Gasteiger partial charge is 0.329 e. The van der Waals surface area contributed by atoms with Crippen molar-refractivity contribution in [3.05, 3.63) is 22.7 Å². The maximum absolute atomic E-state index is 12.1. The van der Waals surface area contributed by atoms with Crippen LogP contribution >= 0.6 is 0 Å². The first-order valence-corrected chi connectivity index (χ1v) is 7.05. The molecule has 0 amide bonds. The Morgan fingerprint density at radius 2 is 2.20 bits per heavy atom. The zero-order valence-electron chi connectivity index (χ0n) is 11.9. The summed E-state index contributed by atoms with van der Waals surface area (Å²) >= 11 is 0. The highest BCUT2D eigenvalue weighted by Crippen LogP contribution is 2.34. The SMILES string of the molecule is CCn1ccnc(NC2(C(=O)O)CCC(C)CC2)c1=O. The van der Waals surface area contributed by atoms with Crippen LogP contribution in [-0.4, -0.2) is 26.2 Å². The number of carbonyl (C=O) groups is 1. The Kier molecular flexibility index (Phi) is 4.11. The highest BCUT2D eigenvalue weighted by Gasteiger charge is 2.42. The number of nitrogens with one attached hydrogen (secondary N) is 1. The molecule has 0 saturated heterocycles. The van der Waals surface area contributed by atoms with Gasteiger partial charge in [-0.25, -0.2) is 9.78 Å². The monoisotopic (exact) mass is 279 g/mol. The van der Waals surface area contributed by atoms with Crippen molar-refractivity contribution in [1.29, 1.82) is 0 Å². The van der Waals surface area contributed by atoms with Crippen molar-refractivity contribution in [2.24, 2.45) is 5.92 Å². The topological polar surface area (TPSA) is 84.2 Å². The summed E-state index contributed by atoms with van der Waals surface area (Å²) in [7, 11) is 0. The lowest BCUT2D eigenvalue weighted by molar-refractivity contribution is -0.143. The van der Waals surface area contributed by atoms with Crippen LogP contribution in [0.4, 0.5) is 5.82 Å². The van der Waals surface area contributed by atoms with Gasteiger partial charge in [0.15, 0.2) is 5.82 Å². The molecule has 0 unspecified atom stereocenters. The average molecular weight is 279 g/mol. The molecule has 2 N–H and O–H groups in total. The van der Waals surface area contributed by atoms with Gasteiger partial charge in [-0.2, -0.15) is 0 Å². The first kappa shape index (κ1) is 14.6. The summed E-state index contributed by atoms with van der Waals surface area (Å²) in [5.41, 5.74) is -1.33. The molecule has 6 nitrogen and oxygen atoms in total. The van der Waals surface area contributed by atoms with Gasteiger partial charge in [-0.05, 0) is 38.5 Å². The van der Waals surface area contributed by atoms with Crippen LogP contribution in [0.2, 0.25) is 0 Å². The minimum Gasteiger partial charge on any atom is -0.480 e. The maximum atomic E-state index is 12.1. The Morgan fingerprint density at radius 3 is 2.75 bits per heavy atom. The first-order chi connectivity index (χ1) is 9.48. The number of hydrogen-bond donors (Lipinski definition) is 2. The predicted octanol–water partition coefficient (Wildman–Crippen LogP) is 1.71. The minimum atomic E-state index is -1.06. The Morgan fingerprint density at radius 1 is 1.55 bits per heavy atom. The Balaban J connectivity index is 2.30. The first-order valence-electron chi connectivity index (χ1n) is 7.05. The third-order valence-corrected chi connectivity index (χ3v) is 4.15. The molecule has 2 rings (SSSR count). The highest BCUT2D eigenvalue weighted by molar-refractivity contribution is 5.82. The number of carboxylic acids is 1. The van der Waals surface area contributed by atoms with Crippen molar-refractivity contribution in [3.63, 3.8) is 0 Å². The van der Waals surface area contributed by atoms with Gasteiger partial charge in [-0.15, -0.1) is 0 Å². The third-order valence-electron chi connectivity index (χ3n) is 4.15. The summed E-state index contributed by atoms with van der Waals surface area (Å²) in [6.07, 6.45) is 5.84. The summed E-state index contributed by atoms with van der Waals surface area (Å²) in [6.45, 7) is 4.52. The number of carboxylic acid groups (broad SMARTS) is 1. The van der Waals surface area contributed by atoms with Crippen LogP contribution < -0.4 is 10.9 Å². The zero-order chi connectivity index (χ0) is 14.8. The summed E-state index contributed by atoms with van der Waals surface area (Å²) in [5.74, 6) is -0.246. The summed E-state index contributed by atoms with van der Waals surface area (Å²) < 4.78 is 1.51. The Labute approximate surface area is 117 Å². The van der Waals surface area contributed by atoms with Crippen LogP contribution in [0.1, 0.15) is 39.5 Å². The van der Waals surface area contributed by atoms with Crippen molar-refractivity contribution in [2.75, 3.05) is 5.32 Å². The van der Waals surface area contributed by atoms with Crippen LogP contribution in [-0.2, 0) is 11.3 Å². The molecular weight excluding hydrogens is 258 g/mol. The van der Waals surface area contributed by atoms with Crippen LogP contribution in [0.25, 0.3) is 0 Å². The second-order valence-corrected chi connectivity index (χ2v) is 5.56. The molecule has 0 atom stereocenters. The van der Waals surface area contributed by atoms with Gasteiger partial charge in [0.25, 0.3) is 5.56 Å². The molecule has 0 spiro atoms. The van der Waals surface area contributed by atoms with Gasteiger partial charge >= 0.3 is 5.97 Å². The van der Waals surface area contributed by atoms with E-state index >= 15 is 0 Å². The number of rotatable bonds is 4. The molecule has 110 valence electrons. The number of aliphatic carboxylic acids is 1. The molecule has 1 aromatic heterocycles. The minimum absolute atomic E-state index is 0.131. The Bertz CT molecular complexity index is 545. The van der Waals surface area contributed by atoms with E-state index in [1.807, 2.05) is 6.92 Å². The van der Waals surface area contributed by atoms with Gasteiger partial charge in [0, 0.05) is 18.9 Å². The molecule has 0 bridgehead atoms. The standard InChI is InChI=1S/C14H21N3O3/c1-3-17-9-8-15-11(12(17)18)16-14(13(19)20)6-4-10(2)5-7-14/h8-10H,3-7H2,1-2H3,(H,15,16)(H,19,20). The largest absolute Gasteiger partial charge is 0.480 e. The van der Waals surface area contributed by atoms with Crippen LogP contribution in [0.5, 0.6) is 0 Å². The molecule has 1 fully saturated rings. The lowest BCUT2D eigenvalue weighted by atomic mass is 9.77. The third kappa shape index (κ3) is 2.69. The Hall–Kier alpha value is -1.85. The van der Waals surface area contributed by atoms with Crippen LogP contribution in [0.3, 0.4) is 0 Å². The van der Waals surface area contributed by atoms with Crippen molar-refractivity contribution in [1.82, 2.24) is 9.55 Å². The molecule has 0 aromatic carbocycles. The molecule has 0 radical (unpaired) electrons. The molecule has 20 heavy (non-hydrogen) atoms. The number of hydrogen-bond acceptors (Lipinski definition) is 4. The van der Waals surface area contributed by atoms with E-state index in [9.17, 15) is 14.7 Å². The highest BCUT2D eigenvalue weighted by atomic mass is 16.4. The van der Waals surface area contributed by atoms with E-state index < -0.39 is 11.5 Å². The fraction of sp³-hybridized carbons (Fsp3) is 0.643. The van der Waals surface area contributed by atoms with Crippen molar-refractivity contribution in [3.8, 4) is 0 Å². The van der Waals surface area contributed by atoms with E-state index in [4.69, 9.17) is 0 Å². The van der Waals surface area contributed by atoms with Gasteiger partial charge < -0.3 is 15.0 Å². The zero-order valence-corrected chi connectivity index (χ0v) is 11.9. The summed E-state index contributed by atoms with van der Waals surface area (Å²) in [6, 6.07) is 0. The second-order valence-electron chi connectivity index (χ2n) is 5.56. The fourth-order valence-corrected chi connectivity index (χ4v) is 2.66. The molecule has 1 heterocycles. The van der Waals surface area contributed by atoms with E-state index in [1.54, 1.807) is 6.20 Å². The van der Waals surface area contributed by atoms with E-state index in [0.29, 0.717) is 25.3 Å². The van der Waals surface area contributed by atoms with E-state index in [2.05, 4.69) is 17.2 Å². The molecule has 1 aliphatic carbocycles. The van der Waals surface area contributed by atoms with Gasteiger partial charge in [-0.1, -0.05) is 6.92 Å². The lowest BCUT2D eigenvalue weighted by Gasteiger charge is -2.36. The van der Waals surface area contributed by atoms with Gasteiger partial charge in [0.2, 0.25) is 0 Å². The molecule has 1 saturated carbocycles. The van der Waals surface area contributed by atoms with Gasteiger partial charge in [0.1, 0.15) is 5.54 Å². The van der Waals surface area contributed by atoms with Crippen molar-refractivity contribution < 1.29 is 9.90 Å². The quantitative estimate of drug-likeness (QED) is 0.876. The summed E-state index contributed by atoms with van der Waals surface area (Å²) in [4.78, 5) is 27.8. The molecule has 0 aliphatic heterocycles. The maximum Gasteiger partial charge on any atom is 0.329 e.